The van der Waals surface area contributed by atoms with Crippen molar-refractivity contribution >= 4 is 0 Å². The summed E-state index contributed by atoms with van der Waals surface area (Å²) in [6, 6.07) is 0. The number of aliphatic hydroxyl groups is 1. The van der Waals surface area contributed by atoms with Crippen LogP contribution in [-0.2, 0) is 0 Å². The number of rotatable bonds is 2. The molecule has 0 spiro atoms. The molecule has 0 aromatic heterocycles. The topological polar surface area (TPSA) is 20.2 Å². The molecule has 0 aromatic rings. The molecule has 1 rings (SSSR count). The zero-order valence-electron chi connectivity index (χ0n) is 8.32. The highest BCUT2D eigenvalue weighted by Gasteiger charge is 2.44. The molecule has 1 nitrogen and oxygen atoms in total. The van der Waals surface area contributed by atoms with Gasteiger partial charge in [-0.2, -0.15) is 0 Å². The first-order valence-electron chi connectivity index (χ1n) is 4.93. The zero-order chi connectivity index (χ0) is 10.1. The first-order valence-corrected chi connectivity index (χ1v) is 4.93. The van der Waals surface area contributed by atoms with Crippen LogP contribution in [0.4, 0.5) is 8.78 Å². The van der Waals surface area contributed by atoms with Crippen molar-refractivity contribution in [3.05, 3.63) is 0 Å². The summed E-state index contributed by atoms with van der Waals surface area (Å²) in [4.78, 5) is 0. The van der Waals surface area contributed by atoms with E-state index in [0.717, 1.165) is 0 Å². The molecule has 0 aliphatic heterocycles. The highest BCUT2D eigenvalue weighted by atomic mass is 19.3. The van der Waals surface area contributed by atoms with Gasteiger partial charge in [0, 0.05) is 12.8 Å². The summed E-state index contributed by atoms with van der Waals surface area (Å²) in [7, 11) is 0. The smallest absolute Gasteiger partial charge is 0.250 e. The van der Waals surface area contributed by atoms with Crippen LogP contribution in [0.5, 0.6) is 0 Å². The lowest BCUT2D eigenvalue weighted by Crippen LogP contribution is -2.41. The number of hydrogen-bond donors (Lipinski definition) is 1. The second-order valence-corrected chi connectivity index (χ2v) is 4.71. The fourth-order valence-corrected chi connectivity index (χ4v) is 2.27. The van der Waals surface area contributed by atoms with Gasteiger partial charge in [-0.05, 0) is 25.2 Å². The molecule has 1 aliphatic carbocycles. The van der Waals surface area contributed by atoms with Gasteiger partial charge in [-0.15, -0.1) is 0 Å². The van der Waals surface area contributed by atoms with Crippen molar-refractivity contribution < 1.29 is 13.9 Å². The molecule has 13 heavy (non-hydrogen) atoms. The molecule has 0 amide bonds. The maximum Gasteiger partial charge on any atom is 0.250 e. The van der Waals surface area contributed by atoms with E-state index >= 15 is 0 Å². The molecule has 0 aromatic carbocycles. The highest BCUT2D eigenvalue weighted by molar-refractivity contribution is 4.90. The summed E-state index contributed by atoms with van der Waals surface area (Å²) in [5.74, 6) is -2.37. The van der Waals surface area contributed by atoms with Crippen LogP contribution in [0.1, 0.15) is 46.0 Å². The van der Waals surface area contributed by atoms with E-state index < -0.39 is 11.5 Å². The first kappa shape index (κ1) is 10.9. The fraction of sp³-hybridized carbons (Fsp3) is 1.00. The van der Waals surface area contributed by atoms with Crippen LogP contribution in [0.2, 0.25) is 0 Å². The van der Waals surface area contributed by atoms with Crippen LogP contribution < -0.4 is 0 Å². The van der Waals surface area contributed by atoms with Crippen LogP contribution in [-0.4, -0.2) is 16.6 Å². The fourth-order valence-electron chi connectivity index (χ4n) is 2.27. The van der Waals surface area contributed by atoms with Crippen LogP contribution in [0.15, 0.2) is 0 Å². The largest absolute Gasteiger partial charge is 0.390 e. The third-order valence-electron chi connectivity index (χ3n) is 2.56. The summed E-state index contributed by atoms with van der Waals surface area (Å²) in [5.41, 5.74) is -1.12. The Morgan fingerprint density at radius 1 is 1.31 bits per heavy atom. The second-order valence-electron chi connectivity index (χ2n) is 4.71. The van der Waals surface area contributed by atoms with Gasteiger partial charge in [0.25, 0.3) is 5.92 Å². The molecule has 1 fully saturated rings. The van der Waals surface area contributed by atoms with Gasteiger partial charge in [-0.1, -0.05) is 13.8 Å². The standard InChI is InChI=1S/C10H18F2O/c1-8(2)6-9(13)4-3-5-10(11,12)7-9/h8,13H,3-7H2,1-2H3. The van der Waals surface area contributed by atoms with Crippen LogP contribution in [0.3, 0.4) is 0 Å². The quantitative estimate of drug-likeness (QED) is 0.713. The van der Waals surface area contributed by atoms with E-state index in [-0.39, 0.29) is 18.8 Å². The van der Waals surface area contributed by atoms with Crippen molar-refractivity contribution in [1.82, 2.24) is 0 Å². The van der Waals surface area contributed by atoms with Gasteiger partial charge < -0.3 is 5.11 Å². The minimum Gasteiger partial charge on any atom is -0.390 e. The Kier molecular flexibility index (Phi) is 2.95. The number of hydrogen-bond acceptors (Lipinski definition) is 1. The average molecular weight is 192 g/mol. The number of halogens is 2. The summed E-state index contributed by atoms with van der Waals surface area (Å²) < 4.78 is 26.0. The molecular weight excluding hydrogens is 174 g/mol. The molecule has 3 heteroatoms. The summed E-state index contributed by atoms with van der Waals surface area (Å²) in [5, 5.41) is 9.90. The Morgan fingerprint density at radius 3 is 2.38 bits per heavy atom. The molecular formula is C10H18F2O. The molecule has 0 radical (unpaired) electrons. The lowest BCUT2D eigenvalue weighted by atomic mass is 9.78. The lowest BCUT2D eigenvalue weighted by molar-refractivity contribution is -0.130. The van der Waals surface area contributed by atoms with Crippen LogP contribution >= 0.6 is 0 Å². The monoisotopic (exact) mass is 192 g/mol. The summed E-state index contributed by atoms with van der Waals surface area (Å²) in [6.07, 6.45) is 1.05. The maximum atomic E-state index is 13.0. The Morgan fingerprint density at radius 2 is 1.92 bits per heavy atom. The van der Waals surface area contributed by atoms with Gasteiger partial charge >= 0.3 is 0 Å². The Bertz CT molecular complexity index is 180. The van der Waals surface area contributed by atoms with Crippen molar-refractivity contribution in [2.45, 2.75) is 57.5 Å². The van der Waals surface area contributed by atoms with E-state index in [0.29, 0.717) is 19.3 Å². The van der Waals surface area contributed by atoms with E-state index in [2.05, 4.69) is 0 Å². The minimum atomic E-state index is -2.65. The molecule has 1 aliphatic rings. The summed E-state index contributed by atoms with van der Waals surface area (Å²) >= 11 is 0. The van der Waals surface area contributed by atoms with Gasteiger partial charge in [-0.25, -0.2) is 8.78 Å². The van der Waals surface area contributed by atoms with Crippen molar-refractivity contribution in [1.29, 1.82) is 0 Å². The molecule has 0 saturated heterocycles. The number of alkyl halides is 2. The van der Waals surface area contributed by atoms with Crippen molar-refractivity contribution in [3.63, 3.8) is 0 Å². The third kappa shape index (κ3) is 3.22. The predicted molar refractivity (Wildman–Crippen MR) is 47.8 cm³/mol. The average Bonchev–Trinajstić information content (AvgIpc) is 1.79. The first-order chi connectivity index (χ1) is 5.83. The molecule has 1 atom stereocenters. The zero-order valence-corrected chi connectivity index (χ0v) is 8.32. The second kappa shape index (κ2) is 3.52. The SMILES string of the molecule is CC(C)CC1(O)CCCC(F)(F)C1. The molecule has 78 valence electrons. The van der Waals surface area contributed by atoms with Gasteiger partial charge in [-0.3, -0.25) is 0 Å². The third-order valence-corrected chi connectivity index (χ3v) is 2.56. The predicted octanol–water partition coefficient (Wildman–Crippen LogP) is 2.97. The summed E-state index contributed by atoms with van der Waals surface area (Å²) in [6.45, 7) is 3.90. The van der Waals surface area contributed by atoms with Gasteiger partial charge in [0.2, 0.25) is 0 Å². The van der Waals surface area contributed by atoms with Crippen LogP contribution in [0, 0.1) is 5.92 Å². The van der Waals surface area contributed by atoms with Crippen molar-refractivity contribution in [2.24, 2.45) is 5.92 Å². The molecule has 1 unspecified atom stereocenters. The van der Waals surface area contributed by atoms with Gasteiger partial charge in [0.1, 0.15) is 0 Å². The molecule has 0 heterocycles. The van der Waals surface area contributed by atoms with E-state index in [9.17, 15) is 13.9 Å². The Labute approximate surface area is 78.1 Å². The van der Waals surface area contributed by atoms with Crippen LogP contribution in [0.25, 0.3) is 0 Å². The maximum absolute atomic E-state index is 13.0. The molecule has 1 N–H and O–H groups in total. The molecule has 1 saturated carbocycles. The highest BCUT2D eigenvalue weighted by Crippen LogP contribution is 2.41. The van der Waals surface area contributed by atoms with E-state index in [4.69, 9.17) is 0 Å². The van der Waals surface area contributed by atoms with E-state index in [1.54, 1.807) is 0 Å². The minimum absolute atomic E-state index is 0.0621. The van der Waals surface area contributed by atoms with E-state index in [1.807, 2.05) is 13.8 Å². The Balaban J connectivity index is 2.58. The normalized spacial score (nSPS) is 33.7. The Hall–Kier alpha value is -0.180. The van der Waals surface area contributed by atoms with Crippen molar-refractivity contribution in [2.75, 3.05) is 0 Å². The van der Waals surface area contributed by atoms with E-state index in [1.165, 1.54) is 0 Å². The lowest BCUT2D eigenvalue weighted by Gasteiger charge is -2.37. The molecule has 0 bridgehead atoms. The van der Waals surface area contributed by atoms with Gasteiger partial charge in [0.15, 0.2) is 0 Å². The van der Waals surface area contributed by atoms with Gasteiger partial charge in [0.05, 0.1) is 5.60 Å². The van der Waals surface area contributed by atoms with Crippen molar-refractivity contribution in [3.8, 4) is 0 Å².